The molecule has 0 unspecified atom stereocenters. The van der Waals surface area contributed by atoms with Gasteiger partial charge >= 0.3 is 0 Å². The molecule has 1 aromatic carbocycles. The molecule has 9 nitrogen and oxygen atoms in total. The van der Waals surface area contributed by atoms with Crippen molar-refractivity contribution in [1.29, 1.82) is 5.41 Å². The third kappa shape index (κ3) is 8.82. The van der Waals surface area contributed by atoms with Gasteiger partial charge in [-0.25, -0.2) is 0 Å². The zero-order chi connectivity index (χ0) is 20.2. The molecule has 0 fully saturated rings. The maximum absolute atomic E-state index is 12.6. The molecule has 1 aromatic rings. The van der Waals surface area contributed by atoms with Gasteiger partial charge in [0.2, 0.25) is 18.1 Å². The van der Waals surface area contributed by atoms with Crippen LogP contribution in [0.25, 0.3) is 0 Å². The van der Waals surface area contributed by atoms with Crippen LogP contribution in [0, 0.1) is 5.41 Å². The second-order valence-corrected chi connectivity index (χ2v) is 6.20. The highest BCUT2D eigenvalue weighted by Gasteiger charge is 2.24. The number of guanidine groups is 1. The molecule has 8 N–H and O–H groups in total. The van der Waals surface area contributed by atoms with Gasteiger partial charge in [-0.05, 0) is 25.3 Å². The van der Waals surface area contributed by atoms with Crippen LogP contribution in [-0.4, -0.2) is 48.7 Å². The predicted molar refractivity (Wildman–Crippen MR) is 103 cm³/mol. The Morgan fingerprint density at radius 1 is 1.19 bits per heavy atom. The highest BCUT2D eigenvalue weighted by molar-refractivity contribution is 5.90. The number of hydrogen-bond donors (Lipinski definition) is 6. The molecule has 0 spiro atoms. The number of hydrogen-bond acceptors (Lipinski definition) is 5. The molecule has 0 aliphatic rings. The van der Waals surface area contributed by atoms with E-state index in [0.717, 1.165) is 5.56 Å². The van der Waals surface area contributed by atoms with Crippen molar-refractivity contribution in [2.75, 3.05) is 6.54 Å². The Morgan fingerprint density at radius 2 is 1.85 bits per heavy atom. The number of carbonyl (C=O) groups excluding carboxylic acids is 3. The molecule has 0 aliphatic heterocycles. The van der Waals surface area contributed by atoms with Crippen molar-refractivity contribution in [3.63, 3.8) is 0 Å². The SMILES string of the molecule is C[C@H](N)C(=O)N[C@@H](CCCNC(=N)N)C(=O)N[C@H]([C]=O)Cc1ccccc1. The number of benzene rings is 1. The van der Waals surface area contributed by atoms with Gasteiger partial charge in [-0.3, -0.25) is 19.8 Å². The first-order valence-corrected chi connectivity index (χ1v) is 8.69. The molecule has 1 radical (unpaired) electrons. The van der Waals surface area contributed by atoms with Crippen molar-refractivity contribution in [3.05, 3.63) is 35.9 Å². The molecule has 27 heavy (non-hydrogen) atoms. The van der Waals surface area contributed by atoms with Crippen LogP contribution in [0.4, 0.5) is 0 Å². The van der Waals surface area contributed by atoms with Crippen molar-refractivity contribution < 1.29 is 14.4 Å². The minimum Gasteiger partial charge on any atom is -0.370 e. The molecule has 1 rings (SSSR count). The number of nitrogens with one attached hydrogen (secondary N) is 4. The zero-order valence-corrected chi connectivity index (χ0v) is 15.3. The molecule has 147 valence electrons. The lowest BCUT2D eigenvalue weighted by atomic mass is 10.1. The summed E-state index contributed by atoms with van der Waals surface area (Å²) in [5.74, 6) is -1.13. The van der Waals surface area contributed by atoms with E-state index in [1.165, 1.54) is 6.92 Å². The van der Waals surface area contributed by atoms with E-state index in [0.29, 0.717) is 25.8 Å². The van der Waals surface area contributed by atoms with E-state index in [9.17, 15) is 14.4 Å². The van der Waals surface area contributed by atoms with Crippen LogP contribution >= 0.6 is 0 Å². The van der Waals surface area contributed by atoms with E-state index in [4.69, 9.17) is 16.9 Å². The van der Waals surface area contributed by atoms with Gasteiger partial charge in [-0.1, -0.05) is 30.3 Å². The Morgan fingerprint density at radius 3 is 2.41 bits per heavy atom. The topological polar surface area (TPSA) is 163 Å². The third-order valence-electron chi connectivity index (χ3n) is 3.77. The Hall–Kier alpha value is -2.94. The van der Waals surface area contributed by atoms with Crippen molar-refractivity contribution in [3.8, 4) is 0 Å². The largest absolute Gasteiger partial charge is 0.370 e. The molecule has 9 heteroatoms. The highest BCUT2D eigenvalue weighted by Crippen LogP contribution is 2.04. The number of carbonyl (C=O) groups is 2. The Bertz CT molecular complexity index is 635. The minimum absolute atomic E-state index is 0.172. The van der Waals surface area contributed by atoms with Crippen LogP contribution < -0.4 is 27.4 Å². The van der Waals surface area contributed by atoms with Gasteiger partial charge in [0, 0.05) is 13.0 Å². The summed E-state index contributed by atoms with van der Waals surface area (Å²) in [7, 11) is 0. The molecule has 0 aromatic heterocycles. The Kier molecular flexibility index (Phi) is 9.52. The third-order valence-corrected chi connectivity index (χ3v) is 3.77. The van der Waals surface area contributed by atoms with Gasteiger partial charge in [0.1, 0.15) is 6.04 Å². The summed E-state index contributed by atoms with van der Waals surface area (Å²) in [5, 5.41) is 14.9. The van der Waals surface area contributed by atoms with Crippen LogP contribution in [-0.2, 0) is 20.8 Å². The van der Waals surface area contributed by atoms with E-state index in [1.807, 2.05) is 36.6 Å². The van der Waals surface area contributed by atoms with Crippen molar-refractivity contribution in [2.45, 2.75) is 44.3 Å². The van der Waals surface area contributed by atoms with Gasteiger partial charge < -0.3 is 27.4 Å². The smallest absolute Gasteiger partial charge is 0.243 e. The maximum atomic E-state index is 12.6. The van der Waals surface area contributed by atoms with Gasteiger partial charge in [0.05, 0.1) is 12.1 Å². The van der Waals surface area contributed by atoms with Crippen LogP contribution in [0.15, 0.2) is 30.3 Å². The fourth-order valence-electron chi connectivity index (χ4n) is 2.35. The summed E-state index contributed by atoms with van der Waals surface area (Å²) in [6, 6.07) is 6.77. The summed E-state index contributed by atoms with van der Waals surface area (Å²) < 4.78 is 0. The first-order chi connectivity index (χ1) is 12.8. The van der Waals surface area contributed by atoms with Crippen LogP contribution in [0.3, 0.4) is 0 Å². The number of amides is 2. The van der Waals surface area contributed by atoms with E-state index in [-0.39, 0.29) is 5.96 Å². The summed E-state index contributed by atoms with van der Waals surface area (Å²) in [6.45, 7) is 1.89. The number of rotatable bonds is 11. The minimum atomic E-state index is -0.858. The van der Waals surface area contributed by atoms with Crippen molar-refractivity contribution in [1.82, 2.24) is 16.0 Å². The standard InChI is InChI=1S/C18H27N6O3/c1-12(19)16(26)24-15(8-5-9-22-18(20)21)17(27)23-14(11-25)10-13-6-3-2-4-7-13/h2-4,6-7,12,14-15H,5,8-10,19H2,1H3,(H,23,27)(H,24,26)(H4,20,21,22)/t12-,14-,15-/m0/s1. The first kappa shape index (κ1) is 22.1. The molecular formula is C18H27N6O3. The molecular weight excluding hydrogens is 348 g/mol. The fraction of sp³-hybridized carbons (Fsp3) is 0.444. The quantitative estimate of drug-likeness (QED) is 0.164. The van der Waals surface area contributed by atoms with Gasteiger partial charge in [0.25, 0.3) is 0 Å². The average Bonchev–Trinajstić information content (AvgIpc) is 2.63. The highest BCUT2D eigenvalue weighted by atomic mass is 16.2. The lowest BCUT2D eigenvalue weighted by Crippen LogP contribution is -2.53. The van der Waals surface area contributed by atoms with E-state index in [1.54, 1.807) is 0 Å². The fourth-order valence-corrected chi connectivity index (χ4v) is 2.35. The van der Waals surface area contributed by atoms with E-state index in [2.05, 4.69) is 16.0 Å². The van der Waals surface area contributed by atoms with Crippen molar-refractivity contribution >= 4 is 24.1 Å². The molecule has 0 heterocycles. The average molecular weight is 375 g/mol. The lowest BCUT2D eigenvalue weighted by molar-refractivity contribution is -0.129. The van der Waals surface area contributed by atoms with Gasteiger partial charge in [-0.2, -0.15) is 0 Å². The summed E-state index contributed by atoms with van der Waals surface area (Å²) in [4.78, 5) is 35.7. The van der Waals surface area contributed by atoms with E-state index >= 15 is 0 Å². The van der Waals surface area contributed by atoms with Gasteiger partial charge in [0.15, 0.2) is 5.96 Å². The normalized spacial score (nSPS) is 13.7. The second kappa shape index (κ2) is 11.6. The second-order valence-electron chi connectivity index (χ2n) is 6.20. The number of nitrogens with two attached hydrogens (primary N) is 2. The van der Waals surface area contributed by atoms with Crippen molar-refractivity contribution in [2.24, 2.45) is 11.5 Å². The first-order valence-electron chi connectivity index (χ1n) is 8.69. The molecule has 0 saturated carbocycles. The lowest BCUT2D eigenvalue weighted by Gasteiger charge is -2.21. The van der Waals surface area contributed by atoms with E-state index < -0.39 is 29.9 Å². The summed E-state index contributed by atoms with van der Waals surface area (Å²) in [5.41, 5.74) is 11.6. The summed E-state index contributed by atoms with van der Waals surface area (Å²) >= 11 is 0. The molecule has 3 atom stereocenters. The van der Waals surface area contributed by atoms with Gasteiger partial charge in [-0.15, -0.1) is 0 Å². The zero-order valence-electron chi connectivity index (χ0n) is 15.3. The maximum Gasteiger partial charge on any atom is 0.243 e. The molecule has 2 amide bonds. The Labute approximate surface area is 158 Å². The van der Waals surface area contributed by atoms with Crippen LogP contribution in [0.2, 0.25) is 0 Å². The van der Waals surface area contributed by atoms with Crippen LogP contribution in [0.1, 0.15) is 25.3 Å². The predicted octanol–water partition coefficient (Wildman–Crippen LogP) is -1.08. The Balaban J connectivity index is 2.69. The molecule has 0 aliphatic carbocycles. The summed E-state index contributed by atoms with van der Waals surface area (Å²) in [6.07, 6.45) is 2.89. The monoisotopic (exact) mass is 375 g/mol. The van der Waals surface area contributed by atoms with Crippen LogP contribution in [0.5, 0.6) is 0 Å². The molecule has 0 bridgehead atoms. The molecule has 0 saturated heterocycles.